The zero-order valence-corrected chi connectivity index (χ0v) is 8.99. The highest BCUT2D eigenvalue weighted by molar-refractivity contribution is 5.77. The molecule has 1 saturated carbocycles. The van der Waals surface area contributed by atoms with E-state index in [2.05, 4.69) is 12.2 Å². The van der Waals surface area contributed by atoms with Crippen molar-refractivity contribution in [3.63, 3.8) is 0 Å². The Morgan fingerprint density at radius 1 is 1.50 bits per heavy atom. The summed E-state index contributed by atoms with van der Waals surface area (Å²) in [5, 5.41) is 3.11. The summed E-state index contributed by atoms with van der Waals surface area (Å²) in [6, 6.07) is 1.13. The van der Waals surface area contributed by atoms with Crippen LogP contribution in [0.25, 0.3) is 0 Å². The standard InChI is InChI=1S/C10H19N3O/c1-8(7-11-2)12-5-6-13(10(12)14)9-3-4-9/h8-9,11H,3-7H2,1-2H3. The Morgan fingerprint density at radius 3 is 2.79 bits per heavy atom. The number of urea groups is 1. The summed E-state index contributed by atoms with van der Waals surface area (Å²) in [4.78, 5) is 15.9. The predicted octanol–water partition coefficient (Wildman–Crippen LogP) is 0.494. The van der Waals surface area contributed by atoms with Crippen molar-refractivity contribution in [2.45, 2.75) is 31.8 Å². The summed E-state index contributed by atoms with van der Waals surface area (Å²) in [6.07, 6.45) is 2.42. The first-order valence-corrected chi connectivity index (χ1v) is 5.46. The quantitative estimate of drug-likeness (QED) is 0.712. The molecule has 4 nitrogen and oxygen atoms in total. The Hall–Kier alpha value is -0.770. The Morgan fingerprint density at radius 2 is 2.21 bits per heavy atom. The van der Waals surface area contributed by atoms with Crippen LogP contribution in [0.5, 0.6) is 0 Å². The lowest BCUT2D eigenvalue weighted by Crippen LogP contribution is -2.42. The molecule has 1 aliphatic carbocycles. The summed E-state index contributed by atoms with van der Waals surface area (Å²) < 4.78 is 0. The van der Waals surface area contributed by atoms with Gasteiger partial charge in [-0.25, -0.2) is 4.79 Å². The van der Waals surface area contributed by atoms with Crippen molar-refractivity contribution in [1.29, 1.82) is 0 Å². The van der Waals surface area contributed by atoms with Crippen molar-refractivity contribution < 1.29 is 4.79 Å². The summed E-state index contributed by atoms with van der Waals surface area (Å²) in [5.74, 6) is 0. The first-order chi connectivity index (χ1) is 6.74. The maximum atomic E-state index is 11.9. The van der Waals surface area contributed by atoms with Crippen molar-refractivity contribution in [1.82, 2.24) is 15.1 Å². The van der Waals surface area contributed by atoms with Gasteiger partial charge in [-0.05, 0) is 26.8 Å². The monoisotopic (exact) mass is 197 g/mol. The van der Waals surface area contributed by atoms with E-state index in [0.717, 1.165) is 19.6 Å². The van der Waals surface area contributed by atoms with Gasteiger partial charge in [0, 0.05) is 31.7 Å². The fraction of sp³-hybridized carbons (Fsp3) is 0.900. The predicted molar refractivity (Wildman–Crippen MR) is 55.2 cm³/mol. The first-order valence-electron chi connectivity index (χ1n) is 5.46. The molecule has 0 radical (unpaired) electrons. The van der Waals surface area contributed by atoms with Crippen molar-refractivity contribution in [2.75, 3.05) is 26.7 Å². The lowest BCUT2D eigenvalue weighted by atomic mass is 10.3. The smallest absolute Gasteiger partial charge is 0.320 e. The number of likely N-dealkylation sites (N-methyl/N-ethyl adjacent to an activating group) is 1. The van der Waals surface area contributed by atoms with E-state index in [0.29, 0.717) is 12.1 Å². The molecule has 4 heteroatoms. The highest BCUT2D eigenvalue weighted by atomic mass is 16.2. The van der Waals surface area contributed by atoms with Crippen LogP contribution in [-0.4, -0.2) is 54.6 Å². The van der Waals surface area contributed by atoms with Crippen molar-refractivity contribution in [3.05, 3.63) is 0 Å². The number of carbonyl (C=O) groups excluding carboxylic acids is 1. The molecule has 1 heterocycles. The summed E-state index contributed by atoms with van der Waals surface area (Å²) in [6.45, 7) is 4.81. The average Bonchev–Trinajstić information content (AvgIpc) is 2.91. The molecule has 0 aromatic rings. The van der Waals surface area contributed by atoms with E-state index in [1.165, 1.54) is 12.8 Å². The Balaban J connectivity index is 1.91. The van der Waals surface area contributed by atoms with Gasteiger partial charge in [-0.15, -0.1) is 0 Å². The second-order valence-corrected chi connectivity index (χ2v) is 4.31. The summed E-state index contributed by atoms with van der Waals surface area (Å²) in [7, 11) is 1.93. The minimum Gasteiger partial charge on any atom is -0.320 e. The SMILES string of the molecule is CNCC(C)N1CCN(C2CC2)C1=O. The molecular weight excluding hydrogens is 178 g/mol. The number of hydrogen-bond acceptors (Lipinski definition) is 2. The molecule has 0 aromatic carbocycles. The molecule has 1 unspecified atom stereocenters. The summed E-state index contributed by atoms with van der Waals surface area (Å²) >= 11 is 0. The third-order valence-corrected chi connectivity index (χ3v) is 3.09. The van der Waals surface area contributed by atoms with E-state index in [9.17, 15) is 4.79 Å². The van der Waals surface area contributed by atoms with E-state index in [4.69, 9.17) is 0 Å². The van der Waals surface area contributed by atoms with E-state index in [1.807, 2.05) is 16.8 Å². The Kier molecular flexibility index (Phi) is 2.63. The van der Waals surface area contributed by atoms with Crippen LogP contribution in [0.2, 0.25) is 0 Å². The van der Waals surface area contributed by atoms with Gasteiger partial charge in [0.25, 0.3) is 0 Å². The second-order valence-electron chi connectivity index (χ2n) is 4.31. The molecule has 2 rings (SSSR count). The molecule has 14 heavy (non-hydrogen) atoms. The number of rotatable bonds is 4. The molecule has 2 aliphatic rings. The summed E-state index contributed by atoms with van der Waals surface area (Å²) in [5.41, 5.74) is 0. The molecule has 2 fully saturated rings. The van der Waals surface area contributed by atoms with Crippen molar-refractivity contribution in [3.8, 4) is 0 Å². The van der Waals surface area contributed by atoms with Crippen molar-refractivity contribution in [2.24, 2.45) is 0 Å². The number of hydrogen-bond donors (Lipinski definition) is 1. The van der Waals surface area contributed by atoms with Gasteiger partial charge in [-0.2, -0.15) is 0 Å². The Labute approximate surface area is 85.2 Å². The van der Waals surface area contributed by atoms with E-state index in [1.54, 1.807) is 0 Å². The number of amides is 2. The number of carbonyl (C=O) groups is 1. The highest BCUT2D eigenvalue weighted by Gasteiger charge is 2.40. The fourth-order valence-electron chi connectivity index (χ4n) is 2.11. The zero-order valence-electron chi connectivity index (χ0n) is 8.99. The minimum absolute atomic E-state index is 0.246. The van der Waals surface area contributed by atoms with Crippen molar-refractivity contribution >= 4 is 6.03 Å². The lowest BCUT2D eigenvalue weighted by Gasteiger charge is -2.24. The molecule has 2 amide bonds. The third-order valence-electron chi connectivity index (χ3n) is 3.09. The number of nitrogens with one attached hydrogen (secondary N) is 1. The van der Waals surface area contributed by atoms with Gasteiger partial charge in [0.05, 0.1) is 0 Å². The minimum atomic E-state index is 0.246. The molecule has 0 aromatic heterocycles. The molecule has 1 saturated heterocycles. The molecule has 1 N–H and O–H groups in total. The van der Waals surface area contributed by atoms with E-state index in [-0.39, 0.29) is 6.03 Å². The first kappa shape index (κ1) is 9.77. The zero-order chi connectivity index (χ0) is 10.1. The van der Waals surface area contributed by atoms with Crippen LogP contribution >= 0.6 is 0 Å². The van der Waals surface area contributed by atoms with Gasteiger partial charge >= 0.3 is 6.03 Å². The topological polar surface area (TPSA) is 35.6 Å². The second kappa shape index (κ2) is 3.77. The average molecular weight is 197 g/mol. The van der Waals surface area contributed by atoms with Gasteiger partial charge in [-0.3, -0.25) is 0 Å². The van der Waals surface area contributed by atoms with E-state index < -0.39 is 0 Å². The van der Waals surface area contributed by atoms with Crippen LogP contribution in [0.3, 0.4) is 0 Å². The highest BCUT2D eigenvalue weighted by Crippen LogP contribution is 2.30. The van der Waals surface area contributed by atoms with Gasteiger partial charge in [0.1, 0.15) is 0 Å². The molecule has 1 atom stereocenters. The normalized spacial score (nSPS) is 24.6. The van der Waals surface area contributed by atoms with Gasteiger partial charge in [0.15, 0.2) is 0 Å². The molecule has 0 spiro atoms. The molecule has 0 bridgehead atoms. The van der Waals surface area contributed by atoms with Crippen LogP contribution < -0.4 is 5.32 Å². The van der Waals surface area contributed by atoms with Gasteiger partial charge in [-0.1, -0.05) is 0 Å². The van der Waals surface area contributed by atoms with E-state index >= 15 is 0 Å². The Bertz CT molecular complexity index is 227. The maximum absolute atomic E-state index is 11.9. The van der Waals surface area contributed by atoms with Crippen LogP contribution in [0.1, 0.15) is 19.8 Å². The van der Waals surface area contributed by atoms with Gasteiger partial charge in [0.2, 0.25) is 0 Å². The van der Waals surface area contributed by atoms with Crippen LogP contribution in [-0.2, 0) is 0 Å². The molecular formula is C10H19N3O. The number of nitrogens with zero attached hydrogens (tertiary/aromatic N) is 2. The fourth-order valence-corrected chi connectivity index (χ4v) is 2.11. The molecule has 80 valence electrons. The lowest BCUT2D eigenvalue weighted by molar-refractivity contribution is 0.178. The van der Waals surface area contributed by atoms with Crippen LogP contribution in [0, 0.1) is 0 Å². The van der Waals surface area contributed by atoms with Crippen LogP contribution in [0.15, 0.2) is 0 Å². The molecule has 1 aliphatic heterocycles. The van der Waals surface area contributed by atoms with Gasteiger partial charge < -0.3 is 15.1 Å². The third kappa shape index (κ3) is 1.71. The maximum Gasteiger partial charge on any atom is 0.320 e. The largest absolute Gasteiger partial charge is 0.320 e. The van der Waals surface area contributed by atoms with Crippen LogP contribution in [0.4, 0.5) is 4.79 Å².